The summed E-state index contributed by atoms with van der Waals surface area (Å²) in [6, 6.07) is 2.06. The largest absolute Gasteiger partial charge is 0.464 e. The van der Waals surface area contributed by atoms with Crippen LogP contribution in [0, 0.1) is 13.8 Å². The molecule has 10 nitrogen and oxygen atoms in total. The maximum absolute atomic E-state index is 12.4. The van der Waals surface area contributed by atoms with Crippen LogP contribution in [-0.4, -0.2) is 47.6 Å². The number of ether oxygens (including phenoxy) is 1. The molecule has 0 spiro atoms. The Balaban J connectivity index is 1.57. The van der Waals surface area contributed by atoms with Crippen LogP contribution < -0.4 is 10.1 Å². The lowest BCUT2D eigenvalue weighted by Crippen LogP contribution is -2.13. The smallest absolute Gasteiger partial charge is 0.316 e. The first-order valence-electron chi connectivity index (χ1n) is 8.69. The highest BCUT2D eigenvalue weighted by Crippen LogP contribution is 2.21. The van der Waals surface area contributed by atoms with Gasteiger partial charge in [-0.1, -0.05) is 0 Å². The summed E-state index contributed by atoms with van der Waals surface area (Å²) in [5.74, 6) is 0.295. The van der Waals surface area contributed by atoms with Gasteiger partial charge in [-0.2, -0.15) is 5.10 Å². The maximum atomic E-state index is 12.4. The Bertz CT molecular complexity index is 1150. The minimum Gasteiger partial charge on any atom is -0.464 e. The standard InChI is InChI=1S/C18H18N8O2/c1-4-28-18-20-6-11(7-21-18)15-23-13-5-12(8-19-16(13)24-15)22-17(27)14-9(2)10(3)25-26-14/h5-8H,4H2,1-3H3,(H,22,27)(H,25,26)(H,19,23,24). The third kappa shape index (κ3) is 3.27. The van der Waals surface area contributed by atoms with Gasteiger partial charge in [0, 0.05) is 18.0 Å². The second-order valence-corrected chi connectivity index (χ2v) is 6.13. The Labute approximate surface area is 159 Å². The zero-order chi connectivity index (χ0) is 19.7. The molecule has 4 rings (SSSR count). The van der Waals surface area contributed by atoms with Crippen molar-refractivity contribution < 1.29 is 9.53 Å². The minimum atomic E-state index is -0.282. The Kier molecular flexibility index (Phi) is 4.44. The molecule has 3 N–H and O–H groups in total. The quantitative estimate of drug-likeness (QED) is 0.485. The van der Waals surface area contributed by atoms with Gasteiger partial charge in [-0.05, 0) is 26.8 Å². The number of imidazole rings is 1. The predicted molar refractivity (Wildman–Crippen MR) is 102 cm³/mol. The van der Waals surface area contributed by atoms with Crippen LogP contribution in [-0.2, 0) is 0 Å². The number of fused-ring (bicyclic) bond motifs is 1. The minimum absolute atomic E-state index is 0.282. The lowest BCUT2D eigenvalue weighted by Gasteiger charge is -2.03. The molecule has 4 aromatic heterocycles. The molecule has 142 valence electrons. The van der Waals surface area contributed by atoms with E-state index in [9.17, 15) is 4.79 Å². The first-order chi connectivity index (χ1) is 13.5. The molecule has 0 aromatic carbocycles. The number of carbonyl (C=O) groups excluding carboxylic acids is 1. The van der Waals surface area contributed by atoms with Crippen LogP contribution in [0.15, 0.2) is 24.7 Å². The zero-order valence-corrected chi connectivity index (χ0v) is 15.6. The van der Waals surface area contributed by atoms with E-state index >= 15 is 0 Å². The zero-order valence-electron chi connectivity index (χ0n) is 15.6. The lowest BCUT2D eigenvalue weighted by atomic mass is 10.2. The van der Waals surface area contributed by atoms with E-state index in [4.69, 9.17) is 4.74 Å². The number of anilines is 1. The number of aromatic nitrogens is 7. The summed E-state index contributed by atoms with van der Waals surface area (Å²) in [4.78, 5) is 32.7. The molecule has 0 saturated heterocycles. The highest BCUT2D eigenvalue weighted by atomic mass is 16.5. The molecule has 0 aliphatic heterocycles. The van der Waals surface area contributed by atoms with Crippen molar-refractivity contribution in [1.82, 2.24) is 35.1 Å². The second-order valence-electron chi connectivity index (χ2n) is 6.13. The van der Waals surface area contributed by atoms with Gasteiger partial charge in [0.05, 0.1) is 29.7 Å². The first kappa shape index (κ1) is 17.6. The van der Waals surface area contributed by atoms with Gasteiger partial charge in [0.2, 0.25) is 0 Å². The van der Waals surface area contributed by atoms with E-state index < -0.39 is 0 Å². The molecule has 0 unspecified atom stereocenters. The monoisotopic (exact) mass is 378 g/mol. The fourth-order valence-electron chi connectivity index (χ4n) is 2.65. The molecule has 4 heterocycles. The van der Waals surface area contributed by atoms with Crippen LogP contribution in [0.25, 0.3) is 22.6 Å². The number of aromatic amines is 2. The molecular formula is C18H18N8O2. The fourth-order valence-corrected chi connectivity index (χ4v) is 2.65. The van der Waals surface area contributed by atoms with Gasteiger partial charge < -0.3 is 15.0 Å². The van der Waals surface area contributed by atoms with Gasteiger partial charge in [-0.25, -0.2) is 19.9 Å². The third-order valence-electron chi connectivity index (χ3n) is 4.25. The van der Waals surface area contributed by atoms with Crippen molar-refractivity contribution >= 4 is 22.8 Å². The number of H-pyrrole nitrogens is 2. The molecule has 0 fully saturated rings. The van der Waals surface area contributed by atoms with E-state index in [1.54, 1.807) is 24.7 Å². The summed E-state index contributed by atoms with van der Waals surface area (Å²) in [5, 5.41) is 9.59. The number of carbonyl (C=O) groups is 1. The van der Waals surface area contributed by atoms with Gasteiger partial charge in [0.25, 0.3) is 5.91 Å². The molecule has 10 heteroatoms. The van der Waals surface area contributed by atoms with Crippen LogP contribution in [0.3, 0.4) is 0 Å². The number of nitrogens with zero attached hydrogens (tertiary/aromatic N) is 5. The number of nitrogens with one attached hydrogen (secondary N) is 3. The summed E-state index contributed by atoms with van der Waals surface area (Å²) in [6.07, 6.45) is 4.82. The lowest BCUT2D eigenvalue weighted by molar-refractivity contribution is 0.102. The second kappa shape index (κ2) is 7.06. The summed E-state index contributed by atoms with van der Waals surface area (Å²) >= 11 is 0. The van der Waals surface area contributed by atoms with E-state index in [-0.39, 0.29) is 5.91 Å². The van der Waals surface area contributed by atoms with Crippen molar-refractivity contribution in [1.29, 1.82) is 0 Å². The number of hydrogen-bond acceptors (Lipinski definition) is 7. The molecule has 0 aliphatic carbocycles. The van der Waals surface area contributed by atoms with Crippen LogP contribution in [0.4, 0.5) is 5.69 Å². The van der Waals surface area contributed by atoms with Crippen molar-refractivity contribution in [2.24, 2.45) is 0 Å². The number of rotatable bonds is 5. The molecular weight excluding hydrogens is 360 g/mol. The third-order valence-corrected chi connectivity index (χ3v) is 4.25. The SMILES string of the molecule is CCOc1ncc(-c2nc3cc(NC(=O)c4[nH]nc(C)c4C)cnc3[nH]2)cn1. The van der Waals surface area contributed by atoms with E-state index in [1.165, 1.54) is 0 Å². The predicted octanol–water partition coefficient (Wildman–Crippen LogP) is 2.41. The van der Waals surface area contributed by atoms with E-state index in [0.717, 1.165) is 11.3 Å². The van der Waals surface area contributed by atoms with Gasteiger partial charge in [-0.15, -0.1) is 0 Å². The van der Waals surface area contributed by atoms with E-state index in [0.29, 0.717) is 46.6 Å². The molecule has 0 radical (unpaired) electrons. The van der Waals surface area contributed by atoms with Crippen molar-refractivity contribution in [2.75, 3.05) is 11.9 Å². The van der Waals surface area contributed by atoms with Crippen LogP contribution >= 0.6 is 0 Å². The Morgan fingerprint density at radius 2 is 1.96 bits per heavy atom. The van der Waals surface area contributed by atoms with Crippen molar-refractivity contribution in [3.63, 3.8) is 0 Å². The van der Waals surface area contributed by atoms with E-state index in [1.807, 2.05) is 20.8 Å². The van der Waals surface area contributed by atoms with Crippen LogP contribution in [0.2, 0.25) is 0 Å². The molecule has 1 amide bonds. The highest BCUT2D eigenvalue weighted by Gasteiger charge is 2.15. The molecule has 28 heavy (non-hydrogen) atoms. The Hall–Kier alpha value is -3.82. The number of pyridine rings is 1. The van der Waals surface area contributed by atoms with Gasteiger partial charge >= 0.3 is 6.01 Å². The fraction of sp³-hybridized carbons (Fsp3) is 0.222. The molecule has 0 saturated carbocycles. The van der Waals surface area contributed by atoms with Crippen molar-refractivity contribution in [2.45, 2.75) is 20.8 Å². The summed E-state index contributed by atoms with van der Waals surface area (Å²) in [5.41, 5.74) is 4.46. The maximum Gasteiger partial charge on any atom is 0.316 e. The molecule has 0 bridgehead atoms. The number of hydrogen-bond donors (Lipinski definition) is 3. The Morgan fingerprint density at radius 1 is 1.18 bits per heavy atom. The number of aryl methyl sites for hydroxylation is 1. The van der Waals surface area contributed by atoms with E-state index in [2.05, 4.69) is 40.4 Å². The molecule has 4 aromatic rings. The Morgan fingerprint density at radius 3 is 2.64 bits per heavy atom. The molecule has 0 atom stereocenters. The summed E-state index contributed by atoms with van der Waals surface area (Å²) < 4.78 is 5.24. The summed E-state index contributed by atoms with van der Waals surface area (Å²) in [6.45, 7) is 6.05. The first-order valence-corrected chi connectivity index (χ1v) is 8.69. The summed E-state index contributed by atoms with van der Waals surface area (Å²) in [7, 11) is 0. The van der Waals surface area contributed by atoms with Crippen molar-refractivity contribution in [3.8, 4) is 17.4 Å². The number of amides is 1. The van der Waals surface area contributed by atoms with Gasteiger partial charge in [-0.3, -0.25) is 9.89 Å². The van der Waals surface area contributed by atoms with Crippen LogP contribution in [0.1, 0.15) is 28.7 Å². The normalized spacial score (nSPS) is 11.0. The highest BCUT2D eigenvalue weighted by molar-refractivity contribution is 6.04. The van der Waals surface area contributed by atoms with Crippen LogP contribution in [0.5, 0.6) is 6.01 Å². The average Bonchev–Trinajstić information content (AvgIpc) is 3.26. The molecule has 0 aliphatic rings. The van der Waals surface area contributed by atoms with Crippen molar-refractivity contribution in [3.05, 3.63) is 41.6 Å². The topological polar surface area (TPSA) is 134 Å². The average molecular weight is 378 g/mol. The van der Waals surface area contributed by atoms with Gasteiger partial charge in [0.15, 0.2) is 5.65 Å². The van der Waals surface area contributed by atoms with Gasteiger partial charge in [0.1, 0.15) is 17.0 Å².